The van der Waals surface area contributed by atoms with Crippen LogP contribution < -0.4 is 15.4 Å². The predicted molar refractivity (Wildman–Crippen MR) is 98.5 cm³/mol. The van der Waals surface area contributed by atoms with Crippen molar-refractivity contribution in [1.29, 1.82) is 0 Å². The molecule has 2 aromatic rings. The molecular weight excluding hydrogens is 354 g/mol. The summed E-state index contributed by atoms with van der Waals surface area (Å²) in [4.78, 5) is 24.8. The Balaban J connectivity index is 1.90. The Kier molecular flexibility index (Phi) is 6.50. The maximum atomic E-state index is 13.2. The van der Waals surface area contributed by atoms with Gasteiger partial charge in [-0.3, -0.25) is 9.59 Å². The standard InChI is InChI=1S/C20H22F2N2O3/c1-20(2,19(26)24-14-6-9-16(21)17(22)12-14)18(25)23-11-10-13-4-7-15(27-3)8-5-13/h4-9,12H,10-11H2,1-3H3,(H,23,25)(H,24,26). The van der Waals surface area contributed by atoms with Crippen LogP contribution >= 0.6 is 0 Å². The number of rotatable bonds is 7. The van der Waals surface area contributed by atoms with Crippen molar-refractivity contribution in [1.82, 2.24) is 5.32 Å². The molecule has 0 aliphatic rings. The minimum atomic E-state index is -1.38. The first-order chi connectivity index (χ1) is 12.7. The molecule has 27 heavy (non-hydrogen) atoms. The van der Waals surface area contributed by atoms with Gasteiger partial charge in [0.1, 0.15) is 11.2 Å². The zero-order chi connectivity index (χ0) is 20.0. The molecule has 0 unspecified atom stereocenters. The lowest BCUT2D eigenvalue weighted by Gasteiger charge is -2.22. The summed E-state index contributed by atoms with van der Waals surface area (Å²) in [6, 6.07) is 10.5. The highest BCUT2D eigenvalue weighted by molar-refractivity contribution is 6.09. The molecule has 0 spiro atoms. The second kappa shape index (κ2) is 8.62. The zero-order valence-corrected chi connectivity index (χ0v) is 15.4. The number of hydrogen-bond donors (Lipinski definition) is 2. The van der Waals surface area contributed by atoms with Crippen LogP contribution in [-0.4, -0.2) is 25.5 Å². The van der Waals surface area contributed by atoms with E-state index in [1.165, 1.54) is 19.9 Å². The number of methoxy groups -OCH3 is 1. The summed E-state index contributed by atoms with van der Waals surface area (Å²) < 4.78 is 31.3. The smallest absolute Gasteiger partial charge is 0.239 e. The van der Waals surface area contributed by atoms with Gasteiger partial charge < -0.3 is 15.4 Å². The zero-order valence-electron chi connectivity index (χ0n) is 15.4. The van der Waals surface area contributed by atoms with E-state index in [-0.39, 0.29) is 5.69 Å². The monoisotopic (exact) mass is 376 g/mol. The van der Waals surface area contributed by atoms with E-state index in [1.807, 2.05) is 24.3 Å². The summed E-state index contributed by atoms with van der Waals surface area (Å²) in [6.45, 7) is 3.28. The molecule has 0 saturated carbocycles. The summed E-state index contributed by atoms with van der Waals surface area (Å²) in [7, 11) is 1.59. The second-order valence-corrected chi connectivity index (χ2v) is 6.56. The molecule has 5 nitrogen and oxygen atoms in total. The van der Waals surface area contributed by atoms with Crippen molar-refractivity contribution in [2.75, 3.05) is 19.0 Å². The normalized spacial score (nSPS) is 11.0. The highest BCUT2D eigenvalue weighted by Crippen LogP contribution is 2.20. The van der Waals surface area contributed by atoms with Gasteiger partial charge in [0.2, 0.25) is 11.8 Å². The van der Waals surface area contributed by atoms with Crippen LogP contribution in [0.25, 0.3) is 0 Å². The fourth-order valence-corrected chi connectivity index (χ4v) is 2.30. The van der Waals surface area contributed by atoms with E-state index in [9.17, 15) is 18.4 Å². The van der Waals surface area contributed by atoms with Crippen molar-refractivity contribution in [3.63, 3.8) is 0 Å². The van der Waals surface area contributed by atoms with Gasteiger partial charge in [0.15, 0.2) is 11.6 Å². The highest BCUT2D eigenvalue weighted by atomic mass is 19.2. The summed E-state index contributed by atoms with van der Waals surface area (Å²) in [5, 5.41) is 5.15. The number of benzene rings is 2. The Morgan fingerprint density at radius 1 is 1.00 bits per heavy atom. The summed E-state index contributed by atoms with van der Waals surface area (Å²) >= 11 is 0. The first-order valence-corrected chi connectivity index (χ1v) is 8.42. The highest BCUT2D eigenvalue weighted by Gasteiger charge is 2.35. The molecule has 2 aromatic carbocycles. The van der Waals surface area contributed by atoms with Gasteiger partial charge in [-0.2, -0.15) is 0 Å². The van der Waals surface area contributed by atoms with E-state index in [2.05, 4.69) is 10.6 Å². The Labute approximate surface area is 156 Å². The van der Waals surface area contributed by atoms with Crippen LogP contribution in [0.5, 0.6) is 5.75 Å². The Morgan fingerprint density at radius 3 is 2.26 bits per heavy atom. The van der Waals surface area contributed by atoms with Crippen LogP contribution in [0.1, 0.15) is 19.4 Å². The SMILES string of the molecule is COc1ccc(CCNC(=O)C(C)(C)C(=O)Nc2ccc(F)c(F)c2)cc1. The topological polar surface area (TPSA) is 67.4 Å². The summed E-state index contributed by atoms with van der Waals surface area (Å²) in [5.74, 6) is -2.41. The summed E-state index contributed by atoms with van der Waals surface area (Å²) in [6.07, 6.45) is 0.594. The number of carbonyl (C=O) groups is 2. The van der Waals surface area contributed by atoms with Gasteiger partial charge in [-0.15, -0.1) is 0 Å². The molecule has 0 aliphatic carbocycles. The average molecular weight is 376 g/mol. The van der Waals surface area contributed by atoms with Gasteiger partial charge in [-0.25, -0.2) is 8.78 Å². The largest absolute Gasteiger partial charge is 0.497 e. The van der Waals surface area contributed by atoms with Crippen LogP contribution in [0.3, 0.4) is 0 Å². The number of hydrogen-bond acceptors (Lipinski definition) is 3. The van der Waals surface area contributed by atoms with E-state index in [0.29, 0.717) is 13.0 Å². The maximum Gasteiger partial charge on any atom is 0.239 e. The van der Waals surface area contributed by atoms with Crippen LogP contribution in [0.15, 0.2) is 42.5 Å². The van der Waals surface area contributed by atoms with E-state index in [1.54, 1.807) is 7.11 Å². The minimum absolute atomic E-state index is 0.0815. The number of amides is 2. The van der Waals surface area contributed by atoms with Crippen LogP contribution in [0.2, 0.25) is 0 Å². The molecule has 2 N–H and O–H groups in total. The first kappa shape index (κ1) is 20.4. The number of anilines is 1. The van der Waals surface area contributed by atoms with Gasteiger partial charge >= 0.3 is 0 Å². The van der Waals surface area contributed by atoms with Crippen molar-refractivity contribution in [3.05, 3.63) is 59.7 Å². The molecule has 0 bridgehead atoms. The predicted octanol–water partition coefficient (Wildman–Crippen LogP) is 3.30. The van der Waals surface area contributed by atoms with Crippen molar-refractivity contribution in [2.24, 2.45) is 5.41 Å². The number of carbonyl (C=O) groups excluding carboxylic acids is 2. The fourth-order valence-electron chi connectivity index (χ4n) is 2.30. The van der Waals surface area contributed by atoms with E-state index in [4.69, 9.17) is 4.74 Å². The minimum Gasteiger partial charge on any atom is -0.497 e. The first-order valence-electron chi connectivity index (χ1n) is 8.42. The van der Waals surface area contributed by atoms with Crippen LogP contribution in [-0.2, 0) is 16.0 Å². The quantitative estimate of drug-likeness (QED) is 0.729. The molecule has 2 amide bonds. The Bertz CT molecular complexity index is 820. The van der Waals surface area contributed by atoms with Gasteiger partial charge in [-0.05, 0) is 50.1 Å². The van der Waals surface area contributed by atoms with E-state index >= 15 is 0 Å². The van der Waals surface area contributed by atoms with Crippen LogP contribution in [0.4, 0.5) is 14.5 Å². The molecule has 0 atom stereocenters. The number of ether oxygens (including phenoxy) is 1. The molecule has 0 fully saturated rings. The molecule has 0 saturated heterocycles. The third-order valence-electron chi connectivity index (χ3n) is 4.17. The Morgan fingerprint density at radius 2 is 1.67 bits per heavy atom. The van der Waals surface area contributed by atoms with Gasteiger partial charge in [0, 0.05) is 18.3 Å². The van der Waals surface area contributed by atoms with Crippen molar-refractivity contribution >= 4 is 17.5 Å². The lowest BCUT2D eigenvalue weighted by molar-refractivity contribution is -0.138. The Hall–Kier alpha value is -2.96. The van der Waals surface area contributed by atoms with Gasteiger partial charge in [0.25, 0.3) is 0 Å². The molecule has 7 heteroatoms. The second-order valence-electron chi connectivity index (χ2n) is 6.56. The van der Waals surface area contributed by atoms with E-state index < -0.39 is 28.9 Å². The van der Waals surface area contributed by atoms with Gasteiger partial charge in [0.05, 0.1) is 7.11 Å². The van der Waals surface area contributed by atoms with Crippen LogP contribution in [0, 0.1) is 17.0 Å². The van der Waals surface area contributed by atoms with Crippen molar-refractivity contribution in [3.8, 4) is 5.75 Å². The van der Waals surface area contributed by atoms with Gasteiger partial charge in [-0.1, -0.05) is 12.1 Å². The molecule has 144 valence electrons. The lowest BCUT2D eigenvalue weighted by Crippen LogP contribution is -2.45. The molecule has 0 aliphatic heterocycles. The number of halogens is 2. The third-order valence-corrected chi connectivity index (χ3v) is 4.17. The average Bonchev–Trinajstić information content (AvgIpc) is 2.65. The molecule has 2 rings (SSSR count). The van der Waals surface area contributed by atoms with E-state index in [0.717, 1.165) is 23.4 Å². The lowest BCUT2D eigenvalue weighted by atomic mass is 9.91. The fraction of sp³-hybridized carbons (Fsp3) is 0.300. The number of nitrogens with one attached hydrogen (secondary N) is 2. The molecule has 0 aromatic heterocycles. The van der Waals surface area contributed by atoms with Crippen molar-refractivity contribution in [2.45, 2.75) is 20.3 Å². The maximum absolute atomic E-state index is 13.2. The summed E-state index contributed by atoms with van der Waals surface area (Å²) in [5.41, 5.74) is -0.289. The molecule has 0 heterocycles. The van der Waals surface area contributed by atoms with Crippen molar-refractivity contribution < 1.29 is 23.1 Å². The molecule has 0 radical (unpaired) electrons. The third kappa shape index (κ3) is 5.26. The molecular formula is C20H22F2N2O3.